The van der Waals surface area contributed by atoms with Crippen LogP contribution < -0.4 is 4.72 Å². The molecule has 0 bridgehead atoms. The van der Waals surface area contributed by atoms with Crippen molar-refractivity contribution in [3.63, 3.8) is 0 Å². The molecule has 0 amide bonds. The molecule has 0 spiro atoms. The van der Waals surface area contributed by atoms with Crippen molar-refractivity contribution in [2.45, 2.75) is 24.8 Å². The molecule has 1 aromatic heterocycles. The second-order valence-electron chi connectivity index (χ2n) is 3.97. The first-order valence-corrected chi connectivity index (χ1v) is 6.97. The summed E-state index contributed by atoms with van der Waals surface area (Å²) < 4.78 is 26.3. The van der Waals surface area contributed by atoms with Crippen molar-refractivity contribution >= 4 is 21.6 Å². The zero-order valence-corrected chi connectivity index (χ0v) is 11.2. The molecule has 96 valence electrons. The van der Waals surface area contributed by atoms with Gasteiger partial charge in [-0.1, -0.05) is 25.4 Å². The molecular formula is C10H15ClN2O3S. The molecule has 0 fully saturated rings. The van der Waals surface area contributed by atoms with Crippen LogP contribution >= 0.6 is 11.6 Å². The first kappa shape index (κ1) is 14.4. The van der Waals surface area contributed by atoms with Crippen LogP contribution in [0.4, 0.5) is 0 Å². The normalized spacial score (nSPS) is 13.9. The molecule has 1 atom stereocenters. The van der Waals surface area contributed by atoms with Crippen LogP contribution in [0.2, 0.25) is 5.15 Å². The third kappa shape index (κ3) is 3.92. The number of halogens is 1. The minimum absolute atomic E-state index is 0.00733. The molecule has 1 heterocycles. The van der Waals surface area contributed by atoms with E-state index in [4.69, 9.17) is 16.7 Å². The molecule has 7 heteroatoms. The Bertz CT molecular complexity index is 476. The minimum Gasteiger partial charge on any atom is -0.395 e. The van der Waals surface area contributed by atoms with Gasteiger partial charge < -0.3 is 5.11 Å². The molecule has 17 heavy (non-hydrogen) atoms. The molecule has 0 radical (unpaired) electrons. The number of nitrogens with one attached hydrogen (secondary N) is 1. The maximum atomic E-state index is 11.9. The number of hydrogen-bond donors (Lipinski definition) is 2. The fourth-order valence-corrected chi connectivity index (χ4v) is 2.83. The highest BCUT2D eigenvalue weighted by molar-refractivity contribution is 7.89. The topological polar surface area (TPSA) is 79.3 Å². The van der Waals surface area contributed by atoms with E-state index in [2.05, 4.69) is 9.71 Å². The maximum Gasteiger partial charge on any atom is 0.241 e. The second-order valence-corrected chi connectivity index (χ2v) is 6.07. The Labute approximate surface area is 106 Å². The Kier molecular flexibility index (Phi) is 4.88. The number of pyridine rings is 1. The van der Waals surface area contributed by atoms with E-state index in [9.17, 15) is 8.42 Å². The zero-order valence-electron chi connectivity index (χ0n) is 9.59. The lowest BCUT2D eigenvalue weighted by atomic mass is 10.1. The van der Waals surface area contributed by atoms with E-state index in [0.29, 0.717) is 0 Å². The van der Waals surface area contributed by atoms with Crippen LogP contribution in [-0.4, -0.2) is 31.2 Å². The number of aliphatic hydroxyl groups is 1. The Morgan fingerprint density at radius 1 is 1.53 bits per heavy atom. The molecule has 0 saturated carbocycles. The zero-order chi connectivity index (χ0) is 13.1. The third-order valence-electron chi connectivity index (χ3n) is 2.32. The van der Waals surface area contributed by atoms with Gasteiger partial charge in [-0.25, -0.2) is 18.1 Å². The average Bonchev–Trinajstić information content (AvgIpc) is 2.25. The lowest BCUT2D eigenvalue weighted by Gasteiger charge is -2.19. The maximum absolute atomic E-state index is 11.9. The SMILES string of the molecule is CC(C)C(CO)NS(=O)(=O)c1ccnc(Cl)c1. The summed E-state index contributed by atoms with van der Waals surface area (Å²) in [6.07, 6.45) is 1.32. The van der Waals surface area contributed by atoms with Crippen molar-refractivity contribution in [3.8, 4) is 0 Å². The van der Waals surface area contributed by atoms with Gasteiger partial charge >= 0.3 is 0 Å². The van der Waals surface area contributed by atoms with Crippen LogP contribution in [0.3, 0.4) is 0 Å². The van der Waals surface area contributed by atoms with Gasteiger partial charge in [-0.2, -0.15) is 0 Å². The minimum atomic E-state index is -3.67. The summed E-state index contributed by atoms with van der Waals surface area (Å²) in [5.74, 6) is -0.00733. The molecule has 0 aliphatic rings. The molecule has 0 aromatic carbocycles. The van der Waals surface area contributed by atoms with E-state index in [1.54, 1.807) is 0 Å². The average molecular weight is 279 g/mol. The summed E-state index contributed by atoms with van der Waals surface area (Å²) >= 11 is 5.63. The van der Waals surface area contributed by atoms with Crippen molar-refractivity contribution in [1.29, 1.82) is 0 Å². The van der Waals surface area contributed by atoms with Gasteiger partial charge in [-0.3, -0.25) is 0 Å². The van der Waals surface area contributed by atoms with Crippen LogP contribution in [0.1, 0.15) is 13.8 Å². The number of aromatic nitrogens is 1. The quantitative estimate of drug-likeness (QED) is 0.789. The predicted octanol–water partition coefficient (Wildman–Crippen LogP) is 1.03. The van der Waals surface area contributed by atoms with E-state index in [1.165, 1.54) is 18.3 Å². The number of rotatable bonds is 5. The third-order valence-corrected chi connectivity index (χ3v) is 4.01. The van der Waals surface area contributed by atoms with Gasteiger partial charge in [0.25, 0.3) is 0 Å². The van der Waals surface area contributed by atoms with Crippen LogP contribution in [0.15, 0.2) is 23.2 Å². The van der Waals surface area contributed by atoms with Crippen LogP contribution in [0.5, 0.6) is 0 Å². The van der Waals surface area contributed by atoms with Crippen LogP contribution in [0, 0.1) is 5.92 Å². The smallest absolute Gasteiger partial charge is 0.241 e. The summed E-state index contributed by atoms with van der Waals surface area (Å²) in [5.41, 5.74) is 0. The Morgan fingerprint density at radius 3 is 2.65 bits per heavy atom. The lowest BCUT2D eigenvalue weighted by molar-refractivity contribution is 0.227. The fourth-order valence-electron chi connectivity index (χ4n) is 1.20. The van der Waals surface area contributed by atoms with Crippen LogP contribution in [-0.2, 0) is 10.0 Å². The van der Waals surface area contributed by atoms with E-state index in [0.717, 1.165) is 0 Å². The van der Waals surface area contributed by atoms with E-state index in [1.807, 2.05) is 13.8 Å². The van der Waals surface area contributed by atoms with E-state index >= 15 is 0 Å². The molecular weight excluding hydrogens is 264 g/mol. The van der Waals surface area contributed by atoms with Crippen molar-refractivity contribution in [1.82, 2.24) is 9.71 Å². The highest BCUT2D eigenvalue weighted by atomic mass is 35.5. The molecule has 0 aliphatic carbocycles. The molecule has 1 unspecified atom stereocenters. The van der Waals surface area contributed by atoms with Gasteiger partial charge in [0.05, 0.1) is 11.5 Å². The fraction of sp³-hybridized carbons (Fsp3) is 0.500. The van der Waals surface area contributed by atoms with Gasteiger partial charge in [0.2, 0.25) is 10.0 Å². The summed E-state index contributed by atoms with van der Waals surface area (Å²) in [4.78, 5) is 3.75. The molecule has 0 aliphatic heterocycles. The molecule has 5 nitrogen and oxygen atoms in total. The molecule has 1 aromatic rings. The summed E-state index contributed by atoms with van der Waals surface area (Å²) in [5, 5.41) is 9.21. The van der Waals surface area contributed by atoms with Gasteiger partial charge in [0.1, 0.15) is 5.15 Å². The van der Waals surface area contributed by atoms with Gasteiger partial charge in [-0.15, -0.1) is 0 Å². The van der Waals surface area contributed by atoms with Crippen molar-refractivity contribution in [2.24, 2.45) is 5.92 Å². The molecule has 1 rings (SSSR count). The largest absolute Gasteiger partial charge is 0.395 e. The first-order chi connectivity index (χ1) is 7.86. The summed E-state index contributed by atoms with van der Waals surface area (Å²) in [6, 6.07) is 2.09. The van der Waals surface area contributed by atoms with E-state index < -0.39 is 16.1 Å². The summed E-state index contributed by atoms with van der Waals surface area (Å²) in [6.45, 7) is 3.39. The van der Waals surface area contributed by atoms with Crippen molar-refractivity contribution in [3.05, 3.63) is 23.5 Å². The molecule has 0 saturated heterocycles. The van der Waals surface area contributed by atoms with Gasteiger partial charge in [0, 0.05) is 12.2 Å². The Hall–Kier alpha value is -0.690. The van der Waals surface area contributed by atoms with E-state index in [-0.39, 0.29) is 22.6 Å². The number of sulfonamides is 1. The number of hydrogen-bond acceptors (Lipinski definition) is 4. The Morgan fingerprint density at radius 2 is 2.18 bits per heavy atom. The standard InChI is InChI=1S/C10H15ClN2O3S/c1-7(2)9(6-14)13-17(15,16)8-3-4-12-10(11)5-8/h3-5,7,9,13-14H,6H2,1-2H3. The molecule has 2 N–H and O–H groups in total. The predicted molar refractivity (Wildman–Crippen MR) is 65.3 cm³/mol. The highest BCUT2D eigenvalue weighted by Gasteiger charge is 2.22. The monoisotopic (exact) mass is 278 g/mol. The second kappa shape index (κ2) is 5.77. The van der Waals surface area contributed by atoms with Gasteiger partial charge in [-0.05, 0) is 18.1 Å². The number of nitrogens with zero attached hydrogens (tertiary/aromatic N) is 1. The highest BCUT2D eigenvalue weighted by Crippen LogP contribution is 2.14. The number of aliphatic hydroxyl groups excluding tert-OH is 1. The first-order valence-electron chi connectivity index (χ1n) is 5.11. The summed E-state index contributed by atoms with van der Waals surface area (Å²) in [7, 11) is -3.67. The van der Waals surface area contributed by atoms with Crippen LogP contribution in [0.25, 0.3) is 0 Å². The van der Waals surface area contributed by atoms with Crippen molar-refractivity contribution < 1.29 is 13.5 Å². The Balaban J connectivity index is 2.96. The lowest BCUT2D eigenvalue weighted by Crippen LogP contribution is -2.41. The van der Waals surface area contributed by atoms with Crippen molar-refractivity contribution in [2.75, 3.05) is 6.61 Å². The van der Waals surface area contributed by atoms with Gasteiger partial charge in [0.15, 0.2) is 0 Å².